The lowest BCUT2D eigenvalue weighted by atomic mass is 10.2. The van der Waals surface area contributed by atoms with Crippen LogP contribution in [0.5, 0.6) is 5.75 Å². The molecule has 35 heavy (non-hydrogen) atoms. The summed E-state index contributed by atoms with van der Waals surface area (Å²) in [4.78, 5) is 20.6. The SMILES string of the molecule is CN1NC(c2nc3cc(NCc4ccc(OCCOCCOCCN)cn4)ccc3o2)C=CC1=O. The molecule has 1 aliphatic rings. The van der Waals surface area contributed by atoms with E-state index in [1.54, 1.807) is 19.3 Å². The molecule has 0 saturated carbocycles. The minimum Gasteiger partial charge on any atom is -0.490 e. The van der Waals surface area contributed by atoms with Crippen molar-refractivity contribution in [2.45, 2.75) is 12.6 Å². The number of anilines is 1. The van der Waals surface area contributed by atoms with Crippen molar-refractivity contribution in [1.82, 2.24) is 20.4 Å². The highest BCUT2D eigenvalue weighted by atomic mass is 16.5. The van der Waals surface area contributed by atoms with Gasteiger partial charge in [0.25, 0.3) is 5.91 Å². The van der Waals surface area contributed by atoms with Crippen LogP contribution in [-0.4, -0.2) is 67.5 Å². The standard InChI is InChI=1S/C24H30N6O5/c1-30-23(31)7-5-20(29-30)24-28-21-14-17(3-6-22(21)35-24)26-15-18-2-4-19(16-27-18)34-13-12-33-11-10-32-9-8-25/h2-7,14,16,20,26,29H,8-13,15,25H2,1H3. The molecule has 2 aromatic heterocycles. The number of benzene rings is 1. The molecule has 11 heteroatoms. The van der Waals surface area contributed by atoms with Crippen molar-refractivity contribution >= 4 is 22.7 Å². The number of hydrogen-bond acceptors (Lipinski definition) is 10. The molecule has 0 radical (unpaired) electrons. The smallest absolute Gasteiger partial charge is 0.260 e. The Morgan fingerprint density at radius 3 is 2.74 bits per heavy atom. The van der Waals surface area contributed by atoms with Gasteiger partial charge in [-0.2, -0.15) is 0 Å². The summed E-state index contributed by atoms with van der Waals surface area (Å²) in [5.74, 6) is 1.06. The molecule has 0 fully saturated rings. The van der Waals surface area contributed by atoms with Crippen molar-refractivity contribution in [1.29, 1.82) is 0 Å². The lowest BCUT2D eigenvalue weighted by molar-refractivity contribution is -0.128. The molecule has 0 spiro atoms. The zero-order valence-electron chi connectivity index (χ0n) is 19.6. The number of hydrazine groups is 1. The Hall–Kier alpha value is -3.51. The highest BCUT2D eigenvalue weighted by Gasteiger charge is 2.22. The molecule has 1 aromatic carbocycles. The number of hydrogen-bond donors (Lipinski definition) is 3. The van der Waals surface area contributed by atoms with Gasteiger partial charge in [-0.25, -0.2) is 10.4 Å². The maximum absolute atomic E-state index is 11.6. The van der Waals surface area contributed by atoms with Crippen molar-refractivity contribution in [2.24, 2.45) is 5.73 Å². The summed E-state index contributed by atoms with van der Waals surface area (Å²) in [6.07, 6.45) is 4.93. The molecule has 3 aromatic rings. The quantitative estimate of drug-likeness (QED) is 0.309. The van der Waals surface area contributed by atoms with Crippen LogP contribution >= 0.6 is 0 Å². The van der Waals surface area contributed by atoms with E-state index in [0.717, 1.165) is 16.9 Å². The van der Waals surface area contributed by atoms with Crippen LogP contribution in [0.3, 0.4) is 0 Å². The van der Waals surface area contributed by atoms with Crippen molar-refractivity contribution < 1.29 is 23.4 Å². The van der Waals surface area contributed by atoms with Crippen LogP contribution in [0, 0.1) is 0 Å². The average Bonchev–Trinajstić information content (AvgIpc) is 3.30. The van der Waals surface area contributed by atoms with Crippen molar-refractivity contribution in [3.05, 3.63) is 60.3 Å². The number of nitrogens with one attached hydrogen (secondary N) is 2. The van der Waals surface area contributed by atoms with E-state index >= 15 is 0 Å². The van der Waals surface area contributed by atoms with Crippen LogP contribution in [-0.2, 0) is 20.8 Å². The van der Waals surface area contributed by atoms with E-state index in [2.05, 4.69) is 20.7 Å². The Balaban J connectivity index is 1.23. The van der Waals surface area contributed by atoms with E-state index in [1.165, 1.54) is 11.1 Å². The number of rotatable bonds is 13. The molecule has 0 bridgehead atoms. The van der Waals surface area contributed by atoms with Gasteiger partial charge < -0.3 is 29.7 Å². The molecule has 1 unspecified atom stereocenters. The van der Waals surface area contributed by atoms with Gasteiger partial charge in [0, 0.05) is 25.4 Å². The number of carbonyl (C=O) groups is 1. The number of fused-ring (bicyclic) bond motifs is 1. The molecule has 1 atom stereocenters. The first kappa shape index (κ1) is 24.6. The van der Waals surface area contributed by atoms with Crippen LogP contribution < -0.4 is 21.2 Å². The number of carbonyl (C=O) groups excluding carboxylic acids is 1. The first-order valence-corrected chi connectivity index (χ1v) is 11.4. The van der Waals surface area contributed by atoms with Crippen molar-refractivity contribution in [3.8, 4) is 5.75 Å². The van der Waals surface area contributed by atoms with Crippen LogP contribution in [0.25, 0.3) is 11.1 Å². The summed E-state index contributed by atoms with van der Waals surface area (Å²) in [6.45, 7) is 3.56. The second-order valence-corrected chi connectivity index (χ2v) is 7.80. The predicted molar refractivity (Wildman–Crippen MR) is 130 cm³/mol. The molecule has 186 valence electrons. The second kappa shape index (κ2) is 12.3. The van der Waals surface area contributed by atoms with Gasteiger partial charge in [0.1, 0.15) is 23.9 Å². The first-order chi connectivity index (χ1) is 17.1. The van der Waals surface area contributed by atoms with Gasteiger partial charge in [-0.05, 0) is 30.3 Å². The van der Waals surface area contributed by atoms with Gasteiger partial charge in [-0.1, -0.05) is 6.08 Å². The highest BCUT2D eigenvalue weighted by Crippen LogP contribution is 2.25. The van der Waals surface area contributed by atoms with Crippen molar-refractivity contribution in [3.63, 3.8) is 0 Å². The fraction of sp³-hybridized carbons (Fsp3) is 0.375. The Morgan fingerprint density at radius 2 is 1.97 bits per heavy atom. The molecule has 11 nitrogen and oxygen atoms in total. The van der Waals surface area contributed by atoms with Gasteiger partial charge in [0.05, 0.1) is 44.9 Å². The zero-order valence-corrected chi connectivity index (χ0v) is 19.6. The van der Waals surface area contributed by atoms with Gasteiger partial charge in [0.15, 0.2) is 5.58 Å². The number of pyridine rings is 1. The number of ether oxygens (including phenoxy) is 3. The molecular weight excluding hydrogens is 452 g/mol. The summed E-state index contributed by atoms with van der Waals surface area (Å²) in [6, 6.07) is 9.21. The lowest BCUT2D eigenvalue weighted by Gasteiger charge is -2.24. The number of nitrogens with two attached hydrogens (primary N) is 1. The molecular formula is C24H30N6O5. The molecule has 3 heterocycles. The minimum atomic E-state index is -0.298. The number of amides is 1. The fourth-order valence-electron chi connectivity index (χ4n) is 3.35. The lowest BCUT2D eigenvalue weighted by Crippen LogP contribution is -2.43. The maximum Gasteiger partial charge on any atom is 0.260 e. The summed E-state index contributed by atoms with van der Waals surface area (Å²) in [5, 5.41) is 4.76. The third-order valence-electron chi connectivity index (χ3n) is 5.17. The van der Waals surface area contributed by atoms with E-state index in [-0.39, 0.29) is 11.9 Å². The Labute approximate surface area is 203 Å². The van der Waals surface area contributed by atoms with Crippen LogP contribution in [0.2, 0.25) is 0 Å². The Bertz CT molecular complexity index is 1130. The van der Waals surface area contributed by atoms with Gasteiger partial charge in [0.2, 0.25) is 5.89 Å². The van der Waals surface area contributed by atoms with Gasteiger partial charge >= 0.3 is 0 Å². The summed E-state index contributed by atoms with van der Waals surface area (Å²) in [5.41, 5.74) is 11.5. The topological polar surface area (TPSA) is 137 Å². The zero-order chi connectivity index (χ0) is 24.5. The molecule has 1 aliphatic heterocycles. The largest absolute Gasteiger partial charge is 0.490 e. The molecule has 4 N–H and O–H groups in total. The van der Waals surface area contributed by atoms with Gasteiger partial charge in [-0.15, -0.1) is 0 Å². The Morgan fingerprint density at radius 1 is 1.14 bits per heavy atom. The maximum atomic E-state index is 11.6. The highest BCUT2D eigenvalue weighted by molar-refractivity contribution is 5.88. The second-order valence-electron chi connectivity index (χ2n) is 7.80. The van der Waals surface area contributed by atoms with E-state index in [9.17, 15) is 4.79 Å². The van der Waals surface area contributed by atoms with E-state index in [1.807, 2.05) is 30.3 Å². The number of oxazole rings is 1. The summed E-state index contributed by atoms with van der Waals surface area (Å²) in [7, 11) is 1.66. The van der Waals surface area contributed by atoms with Gasteiger partial charge in [-0.3, -0.25) is 14.8 Å². The molecule has 4 rings (SSSR count). The van der Waals surface area contributed by atoms with Crippen LogP contribution in [0.15, 0.2) is 53.1 Å². The van der Waals surface area contributed by atoms with E-state index in [4.69, 9.17) is 24.4 Å². The number of nitrogens with zero attached hydrogens (tertiary/aromatic N) is 3. The average molecular weight is 483 g/mol. The molecule has 0 saturated heterocycles. The monoisotopic (exact) mass is 482 g/mol. The predicted octanol–water partition coefficient (Wildman–Crippen LogP) is 1.78. The van der Waals surface area contributed by atoms with E-state index in [0.29, 0.717) is 63.3 Å². The Kier molecular flexibility index (Phi) is 8.63. The minimum absolute atomic E-state index is 0.119. The third kappa shape index (κ3) is 6.99. The summed E-state index contributed by atoms with van der Waals surface area (Å²) >= 11 is 0. The normalized spacial score (nSPS) is 15.7. The first-order valence-electron chi connectivity index (χ1n) is 11.4. The third-order valence-corrected chi connectivity index (χ3v) is 5.17. The van der Waals surface area contributed by atoms with Crippen molar-refractivity contribution in [2.75, 3.05) is 51.9 Å². The fourth-order valence-corrected chi connectivity index (χ4v) is 3.35. The number of aromatic nitrogens is 2. The summed E-state index contributed by atoms with van der Waals surface area (Å²) < 4.78 is 22.2. The molecule has 0 aliphatic carbocycles. The molecule has 1 amide bonds. The van der Waals surface area contributed by atoms with Crippen LogP contribution in [0.4, 0.5) is 5.69 Å². The number of likely N-dealkylation sites (N-methyl/N-ethyl adjacent to an activating group) is 1. The van der Waals surface area contributed by atoms with E-state index < -0.39 is 0 Å². The van der Waals surface area contributed by atoms with Crippen LogP contribution in [0.1, 0.15) is 17.6 Å².